The van der Waals surface area contributed by atoms with Crippen molar-refractivity contribution in [2.24, 2.45) is 5.92 Å². The molecular weight excluding hydrogens is 316 g/mol. The summed E-state index contributed by atoms with van der Waals surface area (Å²) in [6.07, 6.45) is 2.76. The minimum absolute atomic E-state index is 0.158. The summed E-state index contributed by atoms with van der Waals surface area (Å²) in [4.78, 5) is 29.5. The molecule has 0 saturated carbocycles. The molecule has 1 fully saturated rings. The second-order valence-corrected chi connectivity index (χ2v) is 6.87. The summed E-state index contributed by atoms with van der Waals surface area (Å²) in [6, 6.07) is 9.55. The molecule has 2 heterocycles. The van der Waals surface area contributed by atoms with E-state index in [-0.39, 0.29) is 11.8 Å². The van der Waals surface area contributed by atoms with Crippen molar-refractivity contribution in [2.45, 2.75) is 26.2 Å². The number of likely N-dealkylation sites (tertiary alicyclic amines) is 1. The van der Waals surface area contributed by atoms with Crippen LogP contribution in [-0.4, -0.2) is 55.0 Å². The molecule has 2 aliphatic rings. The molecule has 1 aromatic carbocycles. The second-order valence-electron chi connectivity index (χ2n) is 6.87. The van der Waals surface area contributed by atoms with Crippen LogP contribution in [0, 0.1) is 5.92 Å². The van der Waals surface area contributed by atoms with Gasteiger partial charge in [-0.25, -0.2) is 0 Å². The van der Waals surface area contributed by atoms with Crippen LogP contribution in [0.4, 0.5) is 0 Å². The van der Waals surface area contributed by atoms with E-state index in [2.05, 4.69) is 11.8 Å². The van der Waals surface area contributed by atoms with E-state index in [0.29, 0.717) is 36.8 Å². The van der Waals surface area contributed by atoms with Gasteiger partial charge in [-0.3, -0.25) is 14.5 Å². The van der Waals surface area contributed by atoms with E-state index >= 15 is 0 Å². The number of hydrogen-bond acceptors (Lipinski definition) is 4. The van der Waals surface area contributed by atoms with Gasteiger partial charge in [-0.05, 0) is 30.7 Å². The Bertz CT molecular complexity index is 661. The number of methoxy groups -OCH3 is 1. The number of piperidine rings is 1. The lowest BCUT2D eigenvalue weighted by Gasteiger charge is -2.32. The van der Waals surface area contributed by atoms with Crippen LogP contribution >= 0.6 is 0 Å². The van der Waals surface area contributed by atoms with Gasteiger partial charge in [0.15, 0.2) is 0 Å². The van der Waals surface area contributed by atoms with Gasteiger partial charge in [-0.15, -0.1) is 0 Å². The van der Waals surface area contributed by atoms with Crippen LogP contribution in [0.1, 0.15) is 31.7 Å². The highest BCUT2D eigenvalue weighted by molar-refractivity contribution is 6.35. The number of amides is 2. The molecule has 0 spiro atoms. The maximum atomic E-state index is 13.0. The molecule has 0 N–H and O–H groups in total. The quantitative estimate of drug-likeness (QED) is 0.589. The Balaban J connectivity index is 1.93. The van der Waals surface area contributed by atoms with Crippen molar-refractivity contribution in [3.8, 4) is 0 Å². The largest absolute Gasteiger partial charge is 0.385 e. The van der Waals surface area contributed by atoms with Crippen molar-refractivity contribution in [3.05, 3.63) is 41.6 Å². The number of hydrogen-bond donors (Lipinski definition) is 0. The van der Waals surface area contributed by atoms with Crippen LogP contribution in [0.25, 0.3) is 5.57 Å². The summed E-state index contributed by atoms with van der Waals surface area (Å²) in [5, 5.41) is 0. The minimum atomic E-state index is -0.180. The van der Waals surface area contributed by atoms with Gasteiger partial charge in [0.1, 0.15) is 5.70 Å². The van der Waals surface area contributed by atoms with Gasteiger partial charge >= 0.3 is 0 Å². The SMILES string of the molecule is COCCCN1C(=O)C(c2ccccc2)=C(N2CCC(C)CC2)C1=O. The molecule has 0 radical (unpaired) electrons. The Morgan fingerprint density at radius 1 is 1.08 bits per heavy atom. The molecule has 1 aromatic rings. The average molecular weight is 342 g/mol. The van der Waals surface area contributed by atoms with Crippen molar-refractivity contribution in [1.82, 2.24) is 9.80 Å². The monoisotopic (exact) mass is 342 g/mol. The Kier molecular flexibility index (Phi) is 5.53. The number of imide groups is 1. The number of carbonyl (C=O) groups excluding carboxylic acids is 2. The first-order valence-electron chi connectivity index (χ1n) is 9.03. The first-order chi connectivity index (χ1) is 12.1. The van der Waals surface area contributed by atoms with Gasteiger partial charge in [0.25, 0.3) is 11.8 Å². The molecule has 5 nitrogen and oxygen atoms in total. The van der Waals surface area contributed by atoms with Crippen LogP contribution in [0.15, 0.2) is 36.0 Å². The molecule has 0 aromatic heterocycles. The fourth-order valence-electron chi connectivity index (χ4n) is 3.52. The molecule has 5 heteroatoms. The fourth-order valence-corrected chi connectivity index (χ4v) is 3.52. The smallest absolute Gasteiger partial charge is 0.277 e. The summed E-state index contributed by atoms with van der Waals surface area (Å²) < 4.78 is 5.07. The molecule has 0 bridgehead atoms. The molecule has 3 rings (SSSR count). The Labute approximate surface area is 149 Å². The van der Waals surface area contributed by atoms with Crippen LogP contribution in [0.2, 0.25) is 0 Å². The van der Waals surface area contributed by atoms with Crippen molar-refractivity contribution in [1.29, 1.82) is 0 Å². The topological polar surface area (TPSA) is 49.9 Å². The molecule has 25 heavy (non-hydrogen) atoms. The Morgan fingerprint density at radius 2 is 1.76 bits per heavy atom. The molecule has 0 atom stereocenters. The third-order valence-electron chi connectivity index (χ3n) is 5.04. The van der Waals surface area contributed by atoms with Crippen LogP contribution in [-0.2, 0) is 14.3 Å². The number of nitrogens with zero attached hydrogens (tertiary/aromatic N) is 2. The van der Waals surface area contributed by atoms with Gasteiger partial charge in [0.2, 0.25) is 0 Å². The Morgan fingerprint density at radius 3 is 2.40 bits per heavy atom. The summed E-state index contributed by atoms with van der Waals surface area (Å²) in [5.74, 6) is 0.331. The van der Waals surface area contributed by atoms with Gasteiger partial charge in [0.05, 0.1) is 5.57 Å². The molecule has 0 unspecified atom stereocenters. The lowest BCUT2D eigenvalue weighted by molar-refractivity contribution is -0.137. The van der Waals surface area contributed by atoms with E-state index in [9.17, 15) is 9.59 Å². The number of ether oxygens (including phenoxy) is 1. The van der Waals surface area contributed by atoms with Gasteiger partial charge in [0, 0.05) is 33.4 Å². The molecule has 1 saturated heterocycles. The van der Waals surface area contributed by atoms with E-state index in [1.54, 1.807) is 7.11 Å². The van der Waals surface area contributed by atoms with E-state index in [1.807, 2.05) is 30.3 Å². The van der Waals surface area contributed by atoms with Crippen molar-refractivity contribution >= 4 is 17.4 Å². The molecule has 0 aliphatic carbocycles. The van der Waals surface area contributed by atoms with E-state index < -0.39 is 0 Å². The van der Waals surface area contributed by atoms with Gasteiger partial charge in [-0.2, -0.15) is 0 Å². The van der Waals surface area contributed by atoms with E-state index in [0.717, 1.165) is 31.5 Å². The zero-order chi connectivity index (χ0) is 17.8. The van der Waals surface area contributed by atoms with Gasteiger partial charge in [-0.1, -0.05) is 37.3 Å². The third kappa shape index (κ3) is 3.61. The van der Waals surface area contributed by atoms with E-state index in [1.165, 1.54) is 4.90 Å². The lowest BCUT2D eigenvalue weighted by Crippen LogP contribution is -2.39. The average Bonchev–Trinajstić information content (AvgIpc) is 2.88. The highest BCUT2D eigenvalue weighted by Crippen LogP contribution is 2.33. The Hall–Kier alpha value is -2.14. The predicted octanol–water partition coefficient (Wildman–Crippen LogP) is 2.53. The number of carbonyl (C=O) groups is 2. The third-order valence-corrected chi connectivity index (χ3v) is 5.04. The first-order valence-corrected chi connectivity index (χ1v) is 9.03. The van der Waals surface area contributed by atoms with Crippen molar-refractivity contribution in [3.63, 3.8) is 0 Å². The number of benzene rings is 1. The van der Waals surface area contributed by atoms with Crippen molar-refractivity contribution in [2.75, 3.05) is 33.4 Å². The van der Waals surface area contributed by atoms with E-state index in [4.69, 9.17) is 4.74 Å². The van der Waals surface area contributed by atoms with Crippen LogP contribution < -0.4 is 0 Å². The lowest BCUT2D eigenvalue weighted by atomic mass is 9.97. The molecule has 2 amide bonds. The maximum Gasteiger partial charge on any atom is 0.277 e. The van der Waals surface area contributed by atoms with Crippen LogP contribution in [0.3, 0.4) is 0 Å². The normalized spacial score (nSPS) is 19.3. The summed E-state index contributed by atoms with van der Waals surface area (Å²) in [5.41, 5.74) is 1.96. The summed E-state index contributed by atoms with van der Waals surface area (Å²) in [7, 11) is 1.63. The summed E-state index contributed by atoms with van der Waals surface area (Å²) >= 11 is 0. The molecule has 2 aliphatic heterocycles. The molecule has 134 valence electrons. The maximum absolute atomic E-state index is 13.0. The minimum Gasteiger partial charge on any atom is -0.385 e. The zero-order valence-electron chi connectivity index (χ0n) is 15.0. The van der Waals surface area contributed by atoms with Crippen molar-refractivity contribution < 1.29 is 14.3 Å². The highest BCUT2D eigenvalue weighted by atomic mass is 16.5. The molecular formula is C20H26N2O3. The first kappa shape index (κ1) is 17.7. The number of rotatable bonds is 6. The summed E-state index contributed by atoms with van der Waals surface area (Å²) in [6.45, 7) is 4.84. The second kappa shape index (κ2) is 7.83. The van der Waals surface area contributed by atoms with Gasteiger partial charge < -0.3 is 9.64 Å². The zero-order valence-corrected chi connectivity index (χ0v) is 15.0. The predicted molar refractivity (Wildman–Crippen MR) is 96.5 cm³/mol. The fraction of sp³-hybridized carbons (Fsp3) is 0.500. The highest BCUT2D eigenvalue weighted by Gasteiger charge is 2.41. The van der Waals surface area contributed by atoms with Crippen LogP contribution in [0.5, 0.6) is 0 Å². The standard InChI is InChI=1S/C20H26N2O3/c1-15-9-12-21(13-10-15)18-17(16-7-4-3-5-8-16)19(23)22(20(18)24)11-6-14-25-2/h3-5,7-8,15H,6,9-14H2,1-2H3.